The van der Waals surface area contributed by atoms with Gasteiger partial charge in [0.25, 0.3) is 0 Å². The van der Waals surface area contributed by atoms with Crippen LogP contribution in [-0.2, 0) is 0 Å². The quantitative estimate of drug-likeness (QED) is 0.760. The number of hydrogen-bond donors (Lipinski definition) is 2. The van der Waals surface area contributed by atoms with Gasteiger partial charge in [-0.3, -0.25) is 4.90 Å². The normalized spacial score (nSPS) is 21.2. The Balaban J connectivity index is 1.91. The number of urea groups is 1. The van der Waals surface area contributed by atoms with E-state index in [1.165, 1.54) is 5.56 Å². The van der Waals surface area contributed by atoms with Crippen LogP contribution in [0.25, 0.3) is 0 Å². The van der Waals surface area contributed by atoms with E-state index in [1.54, 1.807) is 7.11 Å². The summed E-state index contributed by atoms with van der Waals surface area (Å²) in [5.74, 6) is 1.31. The maximum atomic E-state index is 11.8. The molecule has 0 aliphatic carbocycles. The number of rotatable bonds is 7. The molecule has 128 valence electrons. The molecule has 5 heteroatoms. The zero-order valence-electron chi connectivity index (χ0n) is 14.5. The summed E-state index contributed by atoms with van der Waals surface area (Å²) in [5, 5.41) is 5.93. The van der Waals surface area contributed by atoms with E-state index in [1.807, 2.05) is 12.1 Å². The lowest BCUT2D eigenvalue weighted by molar-refractivity contribution is 0.233. The average molecular weight is 319 g/mol. The molecule has 5 nitrogen and oxygen atoms in total. The number of benzene rings is 1. The molecule has 0 saturated carbocycles. The highest BCUT2D eigenvalue weighted by molar-refractivity contribution is 5.73. The fourth-order valence-electron chi connectivity index (χ4n) is 3.23. The second kappa shape index (κ2) is 8.77. The number of amides is 2. The lowest BCUT2D eigenvalue weighted by Gasteiger charge is -2.26. The maximum Gasteiger partial charge on any atom is 0.314 e. The van der Waals surface area contributed by atoms with Gasteiger partial charge in [0.1, 0.15) is 5.75 Å². The maximum absolute atomic E-state index is 11.8. The van der Waals surface area contributed by atoms with Gasteiger partial charge in [0, 0.05) is 19.1 Å². The van der Waals surface area contributed by atoms with Crippen LogP contribution in [0, 0.1) is 5.92 Å². The fraction of sp³-hybridized carbons (Fsp3) is 0.611. The smallest absolute Gasteiger partial charge is 0.314 e. The van der Waals surface area contributed by atoms with Crippen molar-refractivity contribution < 1.29 is 9.53 Å². The molecular weight excluding hydrogens is 290 g/mol. The van der Waals surface area contributed by atoms with Crippen molar-refractivity contribution in [1.29, 1.82) is 0 Å². The van der Waals surface area contributed by atoms with E-state index in [2.05, 4.69) is 41.6 Å². The molecule has 0 radical (unpaired) electrons. The minimum Gasteiger partial charge on any atom is -0.497 e. The first kappa shape index (κ1) is 17.6. The number of ether oxygens (including phenoxy) is 1. The number of methoxy groups -OCH3 is 1. The lowest BCUT2D eigenvalue weighted by atomic mass is 9.93. The number of carbonyl (C=O) groups excluding carboxylic acids is 1. The molecular formula is C18H29N3O2. The van der Waals surface area contributed by atoms with Gasteiger partial charge in [-0.05, 0) is 50.0 Å². The van der Waals surface area contributed by atoms with Gasteiger partial charge in [0.2, 0.25) is 0 Å². The van der Waals surface area contributed by atoms with E-state index in [0.29, 0.717) is 18.5 Å². The summed E-state index contributed by atoms with van der Waals surface area (Å²) in [6, 6.07) is 8.55. The zero-order valence-corrected chi connectivity index (χ0v) is 14.5. The predicted octanol–water partition coefficient (Wildman–Crippen LogP) is 2.79. The van der Waals surface area contributed by atoms with Crippen LogP contribution in [0.3, 0.4) is 0 Å². The Morgan fingerprint density at radius 3 is 2.70 bits per heavy atom. The van der Waals surface area contributed by atoms with Gasteiger partial charge in [-0.1, -0.05) is 25.5 Å². The third-order valence-corrected chi connectivity index (χ3v) is 4.57. The molecule has 1 aromatic carbocycles. The number of nitrogens with one attached hydrogen (secondary N) is 2. The van der Waals surface area contributed by atoms with E-state index in [9.17, 15) is 4.79 Å². The Kier molecular flexibility index (Phi) is 6.71. The summed E-state index contributed by atoms with van der Waals surface area (Å²) in [6.07, 6.45) is 3.21. The average Bonchev–Trinajstić information content (AvgIpc) is 2.94. The van der Waals surface area contributed by atoms with Crippen LogP contribution < -0.4 is 15.4 Å². The molecule has 1 heterocycles. The van der Waals surface area contributed by atoms with Gasteiger partial charge in [-0.25, -0.2) is 4.79 Å². The Bertz CT molecular complexity index is 490. The number of nitrogens with zero attached hydrogens (tertiary/aromatic N) is 1. The molecule has 1 aliphatic heterocycles. The Hall–Kier alpha value is -1.75. The van der Waals surface area contributed by atoms with Crippen LogP contribution in [0.1, 0.15) is 37.8 Å². The highest BCUT2D eigenvalue weighted by Gasteiger charge is 2.33. The van der Waals surface area contributed by atoms with E-state index in [4.69, 9.17) is 4.74 Å². The van der Waals surface area contributed by atoms with E-state index in [-0.39, 0.29) is 6.03 Å². The van der Waals surface area contributed by atoms with Gasteiger partial charge in [0.05, 0.1) is 7.11 Å². The zero-order chi connectivity index (χ0) is 16.7. The second-order valence-corrected chi connectivity index (χ2v) is 6.24. The first-order valence-electron chi connectivity index (χ1n) is 8.51. The van der Waals surface area contributed by atoms with Crippen molar-refractivity contribution in [1.82, 2.24) is 15.5 Å². The molecule has 2 rings (SSSR count). The van der Waals surface area contributed by atoms with Gasteiger partial charge in [-0.15, -0.1) is 0 Å². The Morgan fingerprint density at radius 2 is 2.04 bits per heavy atom. The molecule has 0 bridgehead atoms. The summed E-state index contributed by atoms with van der Waals surface area (Å²) < 4.78 is 5.23. The molecule has 2 N–H and O–H groups in total. The van der Waals surface area contributed by atoms with Crippen LogP contribution in [0.5, 0.6) is 5.75 Å². The fourth-order valence-corrected chi connectivity index (χ4v) is 3.23. The Morgan fingerprint density at radius 1 is 1.30 bits per heavy atom. The van der Waals surface area contributed by atoms with Crippen molar-refractivity contribution in [2.75, 3.05) is 33.8 Å². The minimum absolute atomic E-state index is 0.0542. The van der Waals surface area contributed by atoms with Gasteiger partial charge >= 0.3 is 6.03 Å². The van der Waals surface area contributed by atoms with Crippen LogP contribution >= 0.6 is 0 Å². The largest absolute Gasteiger partial charge is 0.497 e. The first-order chi connectivity index (χ1) is 11.2. The van der Waals surface area contributed by atoms with Gasteiger partial charge in [-0.2, -0.15) is 0 Å². The summed E-state index contributed by atoms with van der Waals surface area (Å²) in [6.45, 7) is 4.63. The van der Waals surface area contributed by atoms with Crippen molar-refractivity contribution in [2.45, 2.75) is 32.2 Å². The molecule has 2 atom stereocenters. The van der Waals surface area contributed by atoms with Crippen molar-refractivity contribution in [3.8, 4) is 5.75 Å². The number of unbranched alkanes of at least 4 members (excludes halogenated alkanes) is 1. The van der Waals surface area contributed by atoms with Crippen LogP contribution in [-0.4, -0.2) is 44.7 Å². The van der Waals surface area contributed by atoms with Crippen LogP contribution in [0.4, 0.5) is 4.79 Å². The van der Waals surface area contributed by atoms with E-state index < -0.39 is 0 Å². The van der Waals surface area contributed by atoms with E-state index in [0.717, 1.165) is 38.1 Å². The number of likely N-dealkylation sites (tertiary alicyclic amines) is 1. The molecule has 1 aromatic rings. The molecule has 0 unspecified atom stereocenters. The molecule has 1 fully saturated rings. The summed E-state index contributed by atoms with van der Waals surface area (Å²) in [4.78, 5) is 14.2. The summed E-state index contributed by atoms with van der Waals surface area (Å²) in [5.41, 5.74) is 1.28. The third kappa shape index (κ3) is 4.86. The number of hydrogen-bond acceptors (Lipinski definition) is 3. The monoisotopic (exact) mass is 319 g/mol. The number of carbonyl (C=O) groups is 1. The molecule has 0 aromatic heterocycles. The van der Waals surface area contributed by atoms with Crippen molar-refractivity contribution in [3.05, 3.63) is 29.8 Å². The van der Waals surface area contributed by atoms with Crippen LogP contribution in [0.15, 0.2) is 24.3 Å². The van der Waals surface area contributed by atoms with Gasteiger partial charge < -0.3 is 15.4 Å². The topological polar surface area (TPSA) is 53.6 Å². The third-order valence-electron chi connectivity index (χ3n) is 4.57. The van der Waals surface area contributed by atoms with Crippen LogP contribution in [0.2, 0.25) is 0 Å². The molecule has 23 heavy (non-hydrogen) atoms. The summed E-state index contributed by atoms with van der Waals surface area (Å²) in [7, 11) is 3.83. The standard InChI is InChI=1S/C18H29N3O2/c1-4-5-11-19-18(22)20-13-15-10-12-21(2)17(15)14-6-8-16(23-3)9-7-14/h6-9,15,17H,4-5,10-13H2,1-3H3,(H2,19,20,22)/t15-,17-/m0/s1. The molecule has 1 aliphatic rings. The highest BCUT2D eigenvalue weighted by atomic mass is 16.5. The van der Waals surface area contributed by atoms with Gasteiger partial charge in [0.15, 0.2) is 0 Å². The molecule has 2 amide bonds. The van der Waals surface area contributed by atoms with E-state index >= 15 is 0 Å². The molecule has 0 spiro atoms. The highest BCUT2D eigenvalue weighted by Crippen LogP contribution is 2.36. The second-order valence-electron chi connectivity index (χ2n) is 6.24. The molecule has 1 saturated heterocycles. The Labute approximate surface area is 139 Å². The minimum atomic E-state index is -0.0542. The van der Waals surface area contributed by atoms with Crippen molar-refractivity contribution in [2.24, 2.45) is 5.92 Å². The SMILES string of the molecule is CCCCNC(=O)NC[C@@H]1CCN(C)[C@H]1c1ccc(OC)cc1. The van der Waals surface area contributed by atoms with Crippen molar-refractivity contribution in [3.63, 3.8) is 0 Å². The summed E-state index contributed by atoms with van der Waals surface area (Å²) >= 11 is 0. The lowest BCUT2D eigenvalue weighted by Crippen LogP contribution is -2.39. The first-order valence-corrected chi connectivity index (χ1v) is 8.51. The predicted molar refractivity (Wildman–Crippen MR) is 92.8 cm³/mol. The van der Waals surface area contributed by atoms with Crippen molar-refractivity contribution >= 4 is 6.03 Å².